The summed E-state index contributed by atoms with van der Waals surface area (Å²) in [6.07, 6.45) is 7.12. The lowest BCUT2D eigenvalue weighted by molar-refractivity contribution is -0.147. The van der Waals surface area contributed by atoms with Crippen molar-refractivity contribution < 1.29 is 27.5 Å². The summed E-state index contributed by atoms with van der Waals surface area (Å²) in [5.74, 6) is -0.0352. The molecular weight excluding hydrogens is 540 g/mol. The predicted molar refractivity (Wildman–Crippen MR) is 160 cm³/mol. The topological polar surface area (TPSA) is 104 Å². The molecule has 0 saturated heterocycles. The van der Waals surface area contributed by atoms with Crippen molar-refractivity contribution in [3.63, 3.8) is 0 Å². The first kappa shape index (κ1) is 29.2. The van der Waals surface area contributed by atoms with Crippen LogP contribution in [0, 0.1) is 11.3 Å². The molecule has 220 valence electrons. The quantitative estimate of drug-likeness (QED) is 0.294. The van der Waals surface area contributed by atoms with Gasteiger partial charge in [0.1, 0.15) is 5.75 Å². The van der Waals surface area contributed by atoms with Crippen molar-refractivity contribution in [1.82, 2.24) is 9.29 Å². The first-order valence-electron chi connectivity index (χ1n) is 14.5. The van der Waals surface area contributed by atoms with E-state index in [1.54, 1.807) is 33.1 Å². The number of carbonyl (C=O) groups excluding carboxylic acids is 2. The molecule has 1 heterocycles. The van der Waals surface area contributed by atoms with Crippen LogP contribution in [0.25, 0.3) is 22.2 Å². The highest BCUT2D eigenvalue weighted by molar-refractivity contribution is 7.90. The van der Waals surface area contributed by atoms with E-state index in [0.29, 0.717) is 12.5 Å². The van der Waals surface area contributed by atoms with Gasteiger partial charge in [-0.2, -0.15) is 0 Å². The number of carbonyl (C=O) groups is 2. The third kappa shape index (κ3) is 6.01. The third-order valence-corrected chi connectivity index (χ3v) is 10.1. The van der Waals surface area contributed by atoms with Gasteiger partial charge in [-0.3, -0.25) is 9.59 Å². The summed E-state index contributed by atoms with van der Waals surface area (Å²) in [5, 5.41) is 1.03. The minimum Gasteiger partial charge on any atom is -0.497 e. The molecule has 0 bridgehead atoms. The van der Waals surface area contributed by atoms with E-state index in [0.717, 1.165) is 66.4 Å². The SMILES string of the molecule is COC(=O)C1(Cn2c(-c3ccc(OC)cc3)c(C3CCCCC3)c3ccc(C(=O)NS(=O)(=O)CC(C)C)cc32)CC1. The standard InChI is InChI=1S/C32H40N2O6S/c1-21(2)19-41(37,38)33-30(35)24-12-15-26-27(18-24)34(20-32(16-17-32)31(36)40-4)29(23-10-13-25(39-3)14-11-23)28(26)22-8-6-5-7-9-22/h10-15,18,21-22H,5-9,16-17,19-20H2,1-4H3,(H,33,35). The Morgan fingerprint density at radius 2 is 1.71 bits per heavy atom. The molecule has 2 saturated carbocycles. The van der Waals surface area contributed by atoms with E-state index < -0.39 is 21.3 Å². The zero-order valence-corrected chi connectivity index (χ0v) is 25.2. The number of benzene rings is 2. The zero-order valence-electron chi connectivity index (χ0n) is 24.4. The zero-order chi connectivity index (χ0) is 29.4. The van der Waals surface area contributed by atoms with Gasteiger partial charge in [-0.1, -0.05) is 39.2 Å². The summed E-state index contributed by atoms with van der Waals surface area (Å²) in [6.45, 7) is 4.01. The molecule has 9 heteroatoms. The number of fused-ring (bicyclic) bond motifs is 1. The number of methoxy groups -OCH3 is 2. The molecule has 2 aliphatic rings. The van der Waals surface area contributed by atoms with Crippen LogP contribution < -0.4 is 9.46 Å². The summed E-state index contributed by atoms with van der Waals surface area (Å²) >= 11 is 0. The number of ether oxygens (including phenoxy) is 2. The van der Waals surface area contributed by atoms with Gasteiger partial charge < -0.3 is 14.0 Å². The van der Waals surface area contributed by atoms with Gasteiger partial charge in [0, 0.05) is 23.0 Å². The normalized spacial score (nSPS) is 17.0. The summed E-state index contributed by atoms with van der Waals surface area (Å²) in [7, 11) is -0.710. The number of rotatable bonds is 10. The van der Waals surface area contributed by atoms with E-state index in [9.17, 15) is 18.0 Å². The van der Waals surface area contributed by atoms with Crippen LogP contribution in [-0.2, 0) is 26.1 Å². The van der Waals surface area contributed by atoms with Gasteiger partial charge in [-0.15, -0.1) is 0 Å². The molecule has 41 heavy (non-hydrogen) atoms. The second-order valence-corrected chi connectivity index (χ2v) is 13.8. The number of hydrogen-bond donors (Lipinski definition) is 1. The van der Waals surface area contributed by atoms with Gasteiger partial charge in [0.2, 0.25) is 10.0 Å². The second kappa shape index (κ2) is 11.5. The first-order valence-corrected chi connectivity index (χ1v) is 16.2. The van der Waals surface area contributed by atoms with Gasteiger partial charge in [-0.05, 0) is 85.0 Å². The number of amides is 1. The van der Waals surface area contributed by atoms with Crippen molar-refractivity contribution in [3.05, 3.63) is 53.6 Å². The number of nitrogens with zero attached hydrogens (tertiary/aromatic N) is 1. The largest absolute Gasteiger partial charge is 0.497 e. The van der Waals surface area contributed by atoms with Crippen LogP contribution in [0.5, 0.6) is 5.75 Å². The molecule has 2 fully saturated rings. The summed E-state index contributed by atoms with van der Waals surface area (Å²) in [6, 6.07) is 13.4. The maximum atomic E-state index is 13.2. The molecular formula is C32H40N2O6S. The molecule has 0 atom stereocenters. The first-order chi connectivity index (χ1) is 19.6. The Morgan fingerprint density at radius 1 is 1.02 bits per heavy atom. The highest BCUT2D eigenvalue weighted by Gasteiger charge is 2.52. The summed E-state index contributed by atoms with van der Waals surface area (Å²) in [4.78, 5) is 26.1. The van der Waals surface area contributed by atoms with E-state index in [-0.39, 0.29) is 23.2 Å². The minimum atomic E-state index is -3.77. The lowest BCUT2D eigenvalue weighted by Gasteiger charge is -2.24. The molecule has 2 aliphatic carbocycles. The van der Waals surface area contributed by atoms with Gasteiger partial charge in [-0.25, -0.2) is 13.1 Å². The fourth-order valence-corrected chi connectivity index (χ4v) is 7.69. The van der Waals surface area contributed by atoms with Crippen LogP contribution in [0.2, 0.25) is 0 Å². The lowest BCUT2D eigenvalue weighted by atomic mass is 9.81. The van der Waals surface area contributed by atoms with E-state index >= 15 is 0 Å². The smallest absolute Gasteiger partial charge is 0.313 e. The monoisotopic (exact) mass is 580 g/mol. The maximum absolute atomic E-state index is 13.2. The fourth-order valence-electron chi connectivity index (χ4n) is 6.32. The maximum Gasteiger partial charge on any atom is 0.313 e. The number of aromatic nitrogens is 1. The molecule has 0 radical (unpaired) electrons. The average molecular weight is 581 g/mol. The van der Waals surface area contributed by atoms with Crippen LogP contribution in [-0.4, -0.2) is 44.8 Å². The van der Waals surface area contributed by atoms with Gasteiger partial charge in [0.15, 0.2) is 0 Å². The molecule has 0 unspecified atom stereocenters. The molecule has 1 amide bonds. The van der Waals surface area contributed by atoms with Crippen molar-refractivity contribution in [1.29, 1.82) is 0 Å². The van der Waals surface area contributed by atoms with Gasteiger partial charge in [0.25, 0.3) is 5.91 Å². The number of hydrogen-bond acceptors (Lipinski definition) is 6. The van der Waals surface area contributed by atoms with E-state index in [4.69, 9.17) is 9.47 Å². The van der Waals surface area contributed by atoms with Gasteiger partial charge >= 0.3 is 5.97 Å². The Balaban J connectivity index is 1.70. The van der Waals surface area contributed by atoms with Crippen molar-refractivity contribution in [2.24, 2.45) is 11.3 Å². The van der Waals surface area contributed by atoms with Crippen LogP contribution >= 0.6 is 0 Å². The van der Waals surface area contributed by atoms with Gasteiger partial charge in [0.05, 0.1) is 31.1 Å². The lowest BCUT2D eigenvalue weighted by Crippen LogP contribution is -2.34. The highest BCUT2D eigenvalue weighted by Crippen LogP contribution is 2.51. The molecule has 3 aromatic rings. The van der Waals surface area contributed by atoms with E-state index in [2.05, 4.69) is 9.29 Å². The number of sulfonamides is 1. The highest BCUT2D eigenvalue weighted by atomic mass is 32.2. The summed E-state index contributed by atoms with van der Waals surface area (Å²) < 4.78 is 40.2. The van der Waals surface area contributed by atoms with Crippen LogP contribution in [0.3, 0.4) is 0 Å². The molecule has 1 aromatic heterocycles. The molecule has 8 nitrogen and oxygen atoms in total. The third-order valence-electron chi connectivity index (χ3n) is 8.48. The predicted octanol–water partition coefficient (Wildman–Crippen LogP) is 6.03. The van der Waals surface area contributed by atoms with Crippen molar-refractivity contribution >= 4 is 32.8 Å². The van der Waals surface area contributed by atoms with Crippen LogP contribution in [0.1, 0.15) is 80.6 Å². The molecule has 2 aromatic carbocycles. The Labute approximate surface area is 242 Å². The Hall–Kier alpha value is -3.33. The van der Waals surface area contributed by atoms with Crippen molar-refractivity contribution in [3.8, 4) is 17.0 Å². The van der Waals surface area contributed by atoms with E-state index in [1.807, 2.05) is 30.3 Å². The molecule has 0 aliphatic heterocycles. The van der Waals surface area contributed by atoms with Crippen molar-refractivity contribution in [2.75, 3.05) is 20.0 Å². The average Bonchev–Trinajstić information content (AvgIpc) is 3.67. The van der Waals surface area contributed by atoms with E-state index in [1.165, 1.54) is 19.1 Å². The molecule has 1 N–H and O–H groups in total. The Kier molecular flexibility index (Phi) is 8.19. The minimum absolute atomic E-state index is 0.113. The van der Waals surface area contributed by atoms with Crippen LogP contribution in [0.4, 0.5) is 0 Å². The number of esters is 1. The molecule has 0 spiro atoms. The fraction of sp³-hybridized carbons (Fsp3) is 0.500. The van der Waals surface area contributed by atoms with Crippen molar-refractivity contribution in [2.45, 2.75) is 71.3 Å². The number of nitrogens with one attached hydrogen (secondary N) is 1. The second-order valence-electron chi connectivity index (χ2n) is 12.0. The van der Waals surface area contributed by atoms with Crippen LogP contribution in [0.15, 0.2) is 42.5 Å². The Morgan fingerprint density at radius 3 is 2.29 bits per heavy atom. The molecule has 5 rings (SSSR count). The Bertz CT molecular complexity index is 1540. The summed E-state index contributed by atoms with van der Waals surface area (Å²) in [5.41, 5.74) is 3.74.